The summed E-state index contributed by atoms with van der Waals surface area (Å²) in [5, 5.41) is 5.02. The van der Waals surface area contributed by atoms with Crippen molar-refractivity contribution in [1.29, 1.82) is 0 Å². The first-order valence-corrected chi connectivity index (χ1v) is 7.01. The number of nitrogens with two attached hydrogens (primary N) is 1. The molecule has 5 nitrogen and oxygen atoms in total. The Morgan fingerprint density at radius 3 is 2.60 bits per heavy atom. The Morgan fingerprint density at radius 1 is 1.40 bits per heavy atom. The molecule has 2 rings (SSSR count). The fraction of sp³-hybridized carbons (Fsp3) is 1.00. The molecular weight excluding hydrogens is 218 g/mol. The Bertz CT molecular complexity index is 317. The minimum atomic E-state index is -3.45. The van der Waals surface area contributed by atoms with Crippen molar-refractivity contribution in [3.05, 3.63) is 0 Å². The minimum absolute atomic E-state index is 0.0835. The predicted octanol–water partition coefficient (Wildman–Crippen LogP) is 0.351. The van der Waals surface area contributed by atoms with Crippen LogP contribution in [0.4, 0.5) is 0 Å². The van der Waals surface area contributed by atoms with Gasteiger partial charge in [-0.25, -0.2) is 13.6 Å². The highest BCUT2D eigenvalue weighted by Gasteiger charge is 2.48. The largest absolute Gasteiger partial charge is 0.353 e. The SMILES string of the molecule is NS(=O)(=O)CC1(OC2CCCCO2)CC1. The molecule has 2 N–H and O–H groups in total. The molecule has 1 unspecified atom stereocenters. The van der Waals surface area contributed by atoms with E-state index in [1.807, 2.05) is 0 Å². The lowest BCUT2D eigenvalue weighted by molar-refractivity contribution is -0.191. The third kappa shape index (κ3) is 3.41. The molecule has 1 aliphatic carbocycles. The molecule has 88 valence electrons. The molecule has 0 aromatic rings. The maximum absolute atomic E-state index is 11.0. The number of primary sulfonamides is 1. The van der Waals surface area contributed by atoms with Gasteiger partial charge in [0.1, 0.15) is 0 Å². The van der Waals surface area contributed by atoms with Gasteiger partial charge in [0.25, 0.3) is 0 Å². The summed E-state index contributed by atoms with van der Waals surface area (Å²) in [6.45, 7) is 0.704. The van der Waals surface area contributed by atoms with Gasteiger partial charge in [0, 0.05) is 6.61 Å². The van der Waals surface area contributed by atoms with Crippen molar-refractivity contribution in [2.45, 2.75) is 44.0 Å². The summed E-state index contributed by atoms with van der Waals surface area (Å²) in [4.78, 5) is 0. The van der Waals surface area contributed by atoms with Crippen molar-refractivity contribution in [2.24, 2.45) is 5.14 Å². The number of sulfonamides is 1. The van der Waals surface area contributed by atoms with E-state index < -0.39 is 15.6 Å². The van der Waals surface area contributed by atoms with E-state index in [-0.39, 0.29) is 12.0 Å². The van der Waals surface area contributed by atoms with Gasteiger partial charge in [-0.05, 0) is 32.1 Å². The van der Waals surface area contributed by atoms with Crippen LogP contribution in [0.1, 0.15) is 32.1 Å². The number of hydrogen-bond acceptors (Lipinski definition) is 4. The van der Waals surface area contributed by atoms with Crippen molar-refractivity contribution in [3.63, 3.8) is 0 Å². The molecule has 0 radical (unpaired) electrons. The molecule has 2 fully saturated rings. The molecule has 15 heavy (non-hydrogen) atoms. The van der Waals surface area contributed by atoms with Gasteiger partial charge in [-0.15, -0.1) is 0 Å². The topological polar surface area (TPSA) is 78.6 Å². The van der Waals surface area contributed by atoms with E-state index in [2.05, 4.69) is 0 Å². The third-order valence-electron chi connectivity index (χ3n) is 2.79. The smallest absolute Gasteiger partial charge is 0.211 e. The zero-order valence-electron chi connectivity index (χ0n) is 8.65. The van der Waals surface area contributed by atoms with Gasteiger partial charge in [-0.1, -0.05) is 0 Å². The highest BCUT2D eigenvalue weighted by Crippen LogP contribution is 2.42. The van der Waals surface area contributed by atoms with Gasteiger partial charge in [0.15, 0.2) is 6.29 Å². The van der Waals surface area contributed by atoms with E-state index in [9.17, 15) is 8.42 Å². The second-order valence-corrected chi connectivity index (χ2v) is 6.02. The van der Waals surface area contributed by atoms with Crippen LogP contribution in [-0.4, -0.2) is 32.7 Å². The maximum Gasteiger partial charge on any atom is 0.211 e. The van der Waals surface area contributed by atoms with E-state index in [0.29, 0.717) is 6.61 Å². The summed E-state index contributed by atoms with van der Waals surface area (Å²) >= 11 is 0. The van der Waals surface area contributed by atoms with Crippen molar-refractivity contribution >= 4 is 10.0 Å². The second kappa shape index (κ2) is 4.01. The summed E-state index contributed by atoms with van der Waals surface area (Å²) in [6.07, 6.45) is 4.29. The molecule has 1 atom stereocenters. The lowest BCUT2D eigenvalue weighted by atomic mass is 10.2. The van der Waals surface area contributed by atoms with Crippen LogP contribution in [0.2, 0.25) is 0 Å². The van der Waals surface area contributed by atoms with Crippen LogP contribution >= 0.6 is 0 Å². The first-order valence-electron chi connectivity index (χ1n) is 5.29. The second-order valence-electron chi connectivity index (χ2n) is 4.40. The van der Waals surface area contributed by atoms with Crippen molar-refractivity contribution in [2.75, 3.05) is 12.4 Å². The summed E-state index contributed by atoms with van der Waals surface area (Å²) in [5.41, 5.74) is -0.546. The van der Waals surface area contributed by atoms with E-state index in [1.54, 1.807) is 0 Å². The van der Waals surface area contributed by atoms with Crippen LogP contribution in [0.15, 0.2) is 0 Å². The van der Waals surface area contributed by atoms with Crippen LogP contribution in [0.3, 0.4) is 0 Å². The molecule has 1 saturated heterocycles. The van der Waals surface area contributed by atoms with Gasteiger partial charge in [0.05, 0.1) is 11.4 Å². The molecule has 1 saturated carbocycles. The molecule has 0 aromatic carbocycles. The zero-order valence-corrected chi connectivity index (χ0v) is 9.46. The summed E-state index contributed by atoms with van der Waals surface area (Å²) in [7, 11) is -3.45. The molecule has 6 heteroatoms. The van der Waals surface area contributed by atoms with Crippen molar-refractivity contribution < 1.29 is 17.9 Å². The third-order valence-corrected chi connectivity index (χ3v) is 3.72. The van der Waals surface area contributed by atoms with Crippen LogP contribution in [0.25, 0.3) is 0 Å². The Balaban J connectivity index is 1.87. The van der Waals surface area contributed by atoms with E-state index in [4.69, 9.17) is 14.6 Å². The van der Waals surface area contributed by atoms with Crippen LogP contribution in [-0.2, 0) is 19.5 Å². The highest BCUT2D eigenvalue weighted by molar-refractivity contribution is 7.89. The molecule has 0 amide bonds. The molecule has 0 spiro atoms. The van der Waals surface area contributed by atoms with Crippen LogP contribution in [0.5, 0.6) is 0 Å². The van der Waals surface area contributed by atoms with Crippen molar-refractivity contribution in [1.82, 2.24) is 0 Å². The molecule has 0 aromatic heterocycles. The first-order chi connectivity index (χ1) is 6.99. The average Bonchev–Trinajstić information content (AvgIpc) is 2.83. The fourth-order valence-electron chi connectivity index (χ4n) is 1.89. The molecule has 2 aliphatic rings. The van der Waals surface area contributed by atoms with Crippen LogP contribution < -0.4 is 5.14 Å². The highest BCUT2D eigenvalue weighted by atomic mass is 32.2. The van der Waals surface area contributed by atoms with Gasteiger partial charge >= 0.3 is 0 Å². The normalized spacial score (nSPS) is 30.1. The molecule has 1 heterocycles. The predicted molar refractivity (Wildman–Crippen MR) is 54.6 cm³/mol. The van der Waals surface area contributed by atoms with Crippen LogP contribution in [0, 0.1) is 0 Å². The van der Waals surface area contributed by atoms with E-state index in [1.165, 1.54) is 0 Å². The summed E-state index contributed by atoms with van der Waals surface area (Å²) in [5.74, 6) is -0.0835. The number of rotatable bonds is 4. The quantitative estimate of drug-likeness (QED) is 0.762. The summed E-state index contributed by atoms with van der Waals surface area (Å²) in [6, 6.07) is 0. The zero-order chi connectivity index (χ0) is 10.9. The van der Waals surface area contributed by atoms with Gasteiger partial charge in [-0.2, -0.15) is 0 Å². The number of ether oxygens (including phenoxy) is 2. The fourth-order valence-corrected chi connectivity index (χ4v) is 2.98. The Morgan fingerprint density at radius 2 is 2.13 bits per heavy atom. The molecule has 0 bridgehead atoms. The Kier molecular flexibility index (Phi) is 3.03. The maximum atomic E-state index is 11.0. The minimum Gasteiger partial charge on any atom is -0.353 e. The Labute approximate surface area is 90.0 Å². The average molecular weight is 235 g/mol. The first kappa shape index (κ1) is 11.3. The van der Waals surface area contributed by atoms with Crippen molar-refractivity contribution in [3.8, 4) is 0 Å². The van der Waals surface area contributed by atoms with E-state index >= 15 is 0 Å². The van der Waals surface area contributed by atoms with E-state index in [0.717, 1.165) is 32.1 Å². The lowest BCUT2D eigenvalue weighted by Gasteiger charge is -2.27. The summed E-state index contributed by atoms with van der Waals surface area (Å²) < 4.78 is 33.1. The Hall–Kier alpha value is -0.170. The molecular formula is C9H17NO4S. The van der Waals surface area contributed by atoms with Gasteiger partial charge in [-0.3, -0.25) is 0 Å². The monoisotopic (exact) mass is 235 g/mol. The molecule has 1 aliphatic heterocycles. The lowest BCUT2D eigenvalue weighted by Crippen LogP contribution is -2.36. The standard InChI is InChI=1S/C9H17NO4S/c10-15(11,12)7-9(4-5-9)14-8-3-1-2-6-13-8/h8H,1-7H2,(H2,10,11,12). The number of hydrogen-bond donors (Lipinski definition) is 1. The van der Waals surface area contributed by atoms with Gasteiger partial charge in [0.2, 0.25) is 10.0 Å². The van der Waals surface area contributed by atoms with Gasteiger partial charge < -0.3 is 9.47 Å².